The van der Waals surface area contributed by atoms with E-state index in [9.17, 15) is 10.1 Å². The molecule has 8 nitrogen and oxygen atoms in total. The summed E-state index contributed by atoms with van der Waals surface area (Å²) in [4.78, 5) is 13.8. The van der Waals surface area contributed by atoms with Crippen molar-refractivity contribution in [2.24, 2.45) is 5.10 Å². The van der Waals surface area contributed by atoms with Crippen LogP contribution in [0.5, 0.6) is 5.75 Å². The van der Waals surface area contributed by atoms with E-state index in [2.05, 4.69) is 15.5 Å². The molecule has 0 radical (unpaired) electrons. The van der Waals surface area contributed by atoms with Crippen molar-refractivity contribution in [2.45, 2.75) is 0 Å². The Bertz CT molecular complexity index is 705. The van der Waals surface area contributed by atoms with Crippen molar-refractivity contribution < 1.29 is 9.66 Å². The van der Waals surface area contributed by atoms with E-state index < -0.39 is 4.92 Å². The van der Waals surface area contributed by atoms with E-state index in [0.717, 1.165) is 11.8 Å². The van der Waals surface area contributed by atoms with Crippen LogP contribution in [0.4, 0.5) is 11.5 Å². The standard InChI is InChI=1S/C14H11N5O3/c15-7-8-22-13-4-1-11(2-5-13)9-17-18-14-6-3-12(10-16-14)19(20)21/h1-6,9-10H,8H2,(H,16,18)/b17-9-. The smallest absolute Gasteiger partial charge is 0.287 e. The second-order valence-corrected chi connectivity index (χ2v) is 4.04. The number of nitrogens with one attached hydrogen (secondary N) is 1. The van der Waals surface area contributed by atoms with Crippen molar-refractivity contribution in [3.05, 3.63) is 58.3 Å². The first kappa shape index (κ1) is 14.9. The second-order valence-electron chi connectivity index (χ2n) is 4.04. The van der Waals surface area contributed by atoms with Gasteiger partial charge in [-0.15, -0.1) is 0 Å². The Balaban J connectivity index is 1.91. The van der Waals surface area contributed by atoms with E-state index in [4.69, 9.17) is 10.00 Å². The zero-order valence-corrected chi connectivity index (χ0v) is 11.3. The Morgan fingerprint density at radius 1 is 1.36 bits per heavy atom. The minimum absolute atomic E-state index is 0.000798. The lowest BCUT2D eigenvalue weighted by atomic mass is 10.2. The molecule has 0 saturated carbocycles. The highest BCUT2D eigenvalue weighted by Gasteiger charge is 2.04. The summed E-state index contributed by atoms with van der Waals surface area (Å²) < 4.78 is 5.13. The van der Waals surface area contributed by atoms with Gasteiger partial charge in [0.25, 0.3) is 5.69 Å². The Morgan fingerprint density at radius 3 is 2.73 bits per heavy atom. The van der Waals surface area contributed by atoms with Crippen LogP contribution in [0, 0.1) is 21.4 Å². The van der Waals surface area contributed by atoms with Gasteiger partial charge in [0.2, 0.25) is 0 Å². The summed E-state index contributed by atoms with van der Waals surface area (Å²) in [6.07, 6.45) is 2.72. The number of benzene rings is 1. The van der Waals surface area contributed by atoms with E-state index in [1.54, 1.807) is 30.5 Å². The van der Waals surface area contributed by atoms with Gasteiger partial charge in [0.15, 0.2) is 6.61 Å². The van der Waals surface area contributed by atoms with Crippen molar-refractivity contribution in [2.75, 3.05) is 12.0 Å². The Hall–Kier alpha value is -3.47. The first-order valence-electron chi connectivity index (χ1n) is 6.18. The maximum Gasteiger partial charge on any atom is 0.287 e. The van der Waals surface area contributed by atoms with Gasteiger partial charge in [-0.2, -0.15) is 10.4 Å². The fraction of sp³-hybridized carbons (Fsp3) is 0.0714. The summed E-state index contributed by atoms with van der Waals surface area (Å²) in [5.41, 5.74) is 3.41. The van der Waals surface area contributed by atoms with Crippen LogP contribution in [0.1, 0.15) is 5.56 Å². The van der Waals surface area contributed by atoms with Gasteiger partial charge < -0.3 is 4.74 Å². The molecule has 2 rings (SSSR count). The van der Waals surface area contributed by atoms with E-state index in [1.165, 1.54) is 12.1 Å². The lowest BCUT2D eigenvalue weighted by Crippen LogP contribution is -1.95. The van der Waals surface area contributed by atoms with Gasteiger partial charge in [-0.3, -0.25) is 15.5 Å². The zero-order valence-electron chi connectivity index (χ0n) is 11.3. The highest BCUT2D eigenvalue weighted by molar-refractivity contribution is 5.80. The molecule has 1 N–H and O–H groups in total. The highest BCUT2D eigenvalue weighted by atomic mass is 16.6. The molecule has 0 amide bonds. The molecule has 0 aliphatic rings. The average molecular weight is 297 g/mol. The van der Waals surface area contributed by atoms with E-state index in [-0.39, 0.29) is 12.3 Å². The third kappa shape index (κ3) is 4.28. The Kier molecular flexibility index (Phi) is 4.99. The quantitative estimate of drug-likeness (QED) is 0.497. The number of anilines is 1. The number of nitro groups is 1. The Morgan fingerprint density at radius 2 is 2.14 bits per heavy atom. The van der Waals surface area contributed by atoms with Crippen molar-refractivity contribution in [1.29, 1.82) is 5.26 Å². The van der Waals surface area contributed by atoms with E-state index in [0.29, 0.717) is 11.6 Å². The number of rotatable bonds is 6. The lowest BCUT2D eigenvalue weighted by Gasteiger charge is -2.01. The average Bonchev–Trinajstić information content (AvgIpc) is 2.54. The molecule has 1 aromatic heterocycles. The van der Waals surface area contributed by atoms with Gasteiger partial charge >= 0.3 is 0 Å². The molecule has 110 valence electrons. The molecular formula is C14H11N5O3. The van der Waals surface area contributed by atoms with Gasteiger partial charge in [0.05, 0.1) is 11.1 Å². The molecule has 0 atom stereocenters. The van der Waals surface area contributed by atoms with Gasteiger partial charge in [0.1, 0.15) is 23.8 Å². The van der Waals surface area contributed by atoms with E-state index in [1.807, 2.05) is 6.07 Å². The fourth-order valence-corrected chi connectivity index (χ4v) is 1.50. The van der Waals surface area contributed by atoms with Crippen LogP contribution in [0.25, 0.3) is 0 Å². The zero-order chi connectivity index (χ0) is 15.8. The maximum atomic E-state index is 10.5. The molecule has 0 aliphatic carbocycles. The molecular weight excluding hydrogens is 286 g/mol. The summed E-state index contributed by atoms with van der Waals surface area (Å²) >= 11 is 0. The number of hydrazone groups is 1. The number of hydrogen-bond donors (Lipinski definition) is 1. The van der Waals surface area contributed by atoms with Crippen molar-refractivity contribution in [3.8, 4) is 11.8 Å². The summed E-state index contributed by atoms with van der Waals surface area (Å²) in [6.45, 7) is 0.000798. The molecule has 8 heteroatoms. The molecule has 0 unspecified atom stereocenters. The number of nitriles is 1. The van der Waals surface area contributed by atoms with Crippen molar-refractivity contribution >= 4 is 17.7 Å². The van der Waals surface area contributed by atoms with Crippen LogP contribution in [-0.4, -0.2) is 22.7 Å². The molecule has 0 aliphatic heterocycles. The van der Waals surface area contributed by atoms with Crippen LogP contribution in [0.15, 0.2) is 47.7 Å². The minimum atomic E-state index is -0.518. The summed E-state index contributed by atoms with van der Waals surface area (Å²) in [5, 5.41) is 22.9. The number of pyridine rings is 1. The molecule has 0 spiro atoms. The third-order valence-electron chi connectivity index (χ3n) is 2.53. The first-order valence-corrected chi connectivity index (χ1v) is 6.18. The van der Waals surface area contributed by atoms with E-state index >= 15 is 0 Å². The highest BCUT2D eigenvalue weighted by Crippen LogP contribution is 2.12. The normalized spacial score (nSPS) is 10.1. The van der Waals surface area contributed by atoms with Gasteiger partial charge in [-0.25, -0.2) is 4.98 Å². The Labute approximate surface area is 125 Å². The number of ether oxygens (including phenoxy) is 1. The van der Waals surface area contributed by atoms with Crippen LogP contribution in [0.3, 0.4) is 0 Å². The molecule has 1 heterocycles. The minimum Gasteiger partial charge on any atom is -0.479 e. The van der Waals surface area contributed by atoms with Crippen LogP contribution in [0.2, 0.25) is 0 Å². The summed E-state index contributed by atoms with van der Waals surface area (Å²) in [7, 11) is 0. The number of hydrogen-bond acceptors (Lipinski definition) is 7. The first-order chi connectivity index (χ1) is 10.7. The SMILES string of the molecule is N#CCOc1ccc(/C=N\Nc2ccc([N+](=O)[O-])cn2)cc1. The van der Waals surface area contributed by atoms with Crippen LogP contribution >= 0.6 is 0 Å². The summed E-state index contributed by atoms with van der Waals surface area (Å²) in [6, 6.07) is 11.7. The van der Waals surface area contributed by atoms with Gasteiger partial charge in [0, 0.05) is 6.07 Å². The molecule has 0 saturated heterocycles. The molecule has 2 aromatic rings. The van der Waals surface area contributed by atoms with Crippen molar-refractivity contribution in [1.82, 2.24) is 4.98 Å². The maximum absolute atomic E-state index is 10.5. The fourth-order valence-electron chi connectivity index (χ4n) is 1.50. The predicted octanol–water partition coefficient (Wildman–Crippen LogP) is 2.34. The molecule has 0 bridgehead atoms. The lowest BCUT2D eigenvalue weighted by molar-refractivity contribution is -0.385. The topological polar surface area (TPSA) is 113 Å². The second kappa shape index (κ2) is 7.35. The number of nitrogens with zero attached hydrogens (tertiary/aromatic N) is 4. The predicted molar refractivity (Wildman–Crippen MR) is 79.7 cm³/mol. The molecule has 0 fully saturated rings. The van der Waals surface area contributed by atoms with Gasteiger partial charge in [-0.1, -0.05) is 0 Å². The molecule has 1 aromatic carbocycles. The number of aromatic nitrogens is 1. The van der Waals surface area contributed by atoms with Gasteiger partial charge in [-0.05, 0) is 35.9 Å². The van der Waals surface area contributed by atoms with Crippen LogP contribution < -0.4 is 10.2 Å². The third-order valence-corrected chi connectivity index (χ3v) is 2.53. The van der Waals surface area contributed by atoms with Crippen molar-refractivity contribution in [3.63, 3.8) is 0 Å². The largest absolute Gasteiger partial charge is 0.479 e. The molecule has 22 heavy (non-hydrogen) atoms. The summed E-state index contributed by atoms with van der Waals surface area (Å²) in [5.74, 6) is 1.000. The monoisotopic (exact) mass is 297 g/mol. The van der Waals surface area contributed by atoms with Crippen LogP contribution in [-0.2, 0) is 0 Å².